The molecule has 6 nitrogen and oxygen atoms in total. The Labute approximate surface area is 173 Å². The first-order chi connectivity index (χ1) is 13.7. The van der Waals surface area contributed by atoms with Gasteiger partial charge in [-0.1, -0.05) is 27.7 Å². The van der Waals surface area contributed by atoms with Crippen molar-refractivity contribution >= 4 is 11.8 Å². The van der Waals surface area contributed by atoms with Gasteiger partial charge < -0.3 is 18.9 Å². The van der Waals surface area contributed by atoms with Gasteiger partial charge in [0.05, 0.1) is 19.3 Å². The van der Waals surface area contributed by atoms with Crippen LogP contribution in [0.15, 0.2) is 11.8 Å². The highest BCUT2D eigenvalue weighted by molar-refractivity contribution is 5.99. The molecule has 2 saturated carbocycles. The van der Waals surface area contributed by atoms with E-state index in [0.29, 0.717) is 18.6 Å². The van der Waals surface area contributed by atoms with Gasteiger partial charge in [0.25, 0.3) is 0 Å². The van der Waals surface area contributed by atoms with Gasteiger partial charge in [0, 0.05) is 37.4 Å². The van der Waals surface area contributed by atoms with Gasteiger partial charge in [-0.15, -0.1) is 0 Å². The highest BCUT2D eigenvalue weighted by Crippen LogP contribution is 2.68. The van der Waals surface area contributed by atoms with Crippen LogP contribution in [-0.4, -0.2) is 51.4 Å². The maximum Gasteiger partial charge on any atom is 0.306 e. The number of hydrogen-bond acceptors (Lipinski definition) is 6. The fourth-order valence-electron chi connectivity index (χ4n) is 7.77. The molecule has 0 aromatic carbocycles. The summed E-state index contributed by atoms with van der Waals surface area (Å²) in [6, 6.07) is 0. The van der Waals surface area contributed by atoms with E-state index in [1.54, 1.807) is 21.3 Å². The lowest BCUT2D eigenvalue weighted by atomic mass is 9.38. The molecule has 10 unspecified atom stereocenters. The van der Waals surface area contributed by atoms with Crippen molar-refractivity contribution in [1.82, 2.24) is 0 Å². The molecule has 4 aliphatic rings. The van der Waals surface area contributed by atoms with Crippen LogP contribution in [0.4, 0.5) is 0 Å². The van der Waals surface area contributed by atoms with Crippen molar-refractivity contribution in [2.45, 2.75) is 58.8 Å². The minimum Gasteiger partial charge on any atom is -0.493 e. The monoisotopic (exact) mass is 406 g/mol. The van der Waals surface area contributed by atoms with E-state index in [2.05, 4.69) is 27.7 Å². The molecule has 0 aromatic rings. The Morgan fingerprint density at radius 2 is 1.69 bits per heavy atom. The van der Waals surface area contributed by atoms with Gasteiger partial charge in [-0.3, -0.25) is 9.59 Å². The largest absolute Gasteiger partial charge is 0.493 e. The quantitative estimate of drug-likeness (QED) is 0.671. The topological polar surface area (TPSA) is 71.1 Å². The van der Waals surface area contributed by atoms with Crippen LogP contribution in [0.5, 0.6) is 0 Å². The Kier molecular flexibility index (Phi) is 4.90. The summed E-state index contributed by atoms with van der Waals surface area (Å²) in [6.45, 7) is 8.55. The summed E-state index contributed by atoms with van der Waals surface area (Å²) in [5.41, 5.74) is -1.04. The number of ketones is 1. The highest BCUT2D eigenvalue weighted by Gasteiger charge is 2.73. The molecule has 1 saturated heterocycles. The van der Waals surface area contributed by atoms with Gasteiger partial charge in [0.1, 0.15) is 6.10 Å². The van der Waals surface area contributed by atoms with Gasteiger partial charge in [-0.25, -0.2) is 0 Å². The zero-order valence-electron chi connectivity index (χ0n) is 18.6. The van der Waals surface area contributed by atoms with E-state index in [1.165, 1.54) is 0 Å². The highest BCUT2D eigenvalue weighted by atomic mass is 16.6. The molecule has 0 amide bonds. The fraction of sp³-hybridized carbons (Fsp3) is 0.826. The molecular weight excluding hydrogens is 372 g/mol. The second-order valence-corrected chi connectivity index (χ2v) is 9.94. The predicted molar refractivity (Wildman–Crippen MR) is 106 cm³/mol. The SMILES string of the molecule is COC1=CC(C)C2CC3OC(=O)CC4C(C)C(OC)C(OC)C(C2(C)C1=O)C34C. The summed E-state index contributed by atoms with van der Waals surface area (Å²) < 4.78 is 23.5. The Morgan fingerprint density at radius 3 is 2.28 bits per heavy atom. The van der Waals surface area contributed by atoms with Crippen molar-refractivity contribution in [3.8, 4) is 0 Å². The van der Waals surface area contributed by atoms with Crippen LogP contribution >= 0.6 is 0 Å². The van der Waals surface area contributed by atoms with Crippen molar-refractivity contribution in [2.24, 2.45) is 40.4 Å². The van der Waals surface area contributed by atoms with E-state index in [9.17, 15) is 9.59 Å². The van der Waals surface area contributed by atoms with Crippen LogP contribution in [0, 0.1) is 40.4 Å². The lowest BCUT2D eigenvalue weighted by Crippen LogP contribution is -2.73. The van der Waals surface area contributed by atoms with Crippen LogP contribution in [0.25, 0.3) is 0 Å². The van der Waals surface area contributed by atoms with E-state index in [0.717, 1.165) is 0 Å². The predicted octanol–water partition coefficient (Wildman–Crippen LogP) is 3.00. The summed E-state index contributed by atoms with van der Waals surface area (Å²) in [4.78, 5) is 26.3. The third-order valence-electron chi connectivity index (χ3n) is 9.04. The number of esters is 1. The van der Waals surface area contributed by atoms with Crippen LogP contribution in [0.3, 0.4) is 0 Å². The number of ether oxygens (including phenoxy) is 4. The summed E-state index contributed by atoms with van der Waals surface area (Å²) in [5.74, 6) is 0.571. The molecule has 3 aliphatic carbocycles. The summed E-state index contributed by atoms with van der Waals surface area (Å²) in [5, 5.41) is 0. The molecule has 1 heterocycles. The average Bonchev–Trinajstić information content (AvgIpc) is 2.68. The van der Waals surface area contributed by atoms with Crippen molar-refractivity contribution in [1.29, 1.82) is 0 Å². The summed E-state index contributed by atoms with van der Waals surface area (Å²) >= 11 is 0. The molecular formula is C23H34O6. The normalized spacial score (nSPS) is 51.5. The maximum absolute atomic E-state index is 13.8. The molecule has 6 heteroatoms. The first-order valence-electron chi connectivity index (χ1n) is 10.7. The van der Waals surface area contributed by atoms with Gasteiger partial charge >= 0.3 is 5.97 Å². The van der Waals surface area contributed by atoms with Crippen molar-refractivity contribution in [3.63, 3.8) is 0 Å². The molecule has 10 atom stereocenters. The molecule has 1 aliphatic heterocycles. The molecule has 0 radical (unpaired) electrons. The molecule has 162 valence electrons. The third-order valence-corrected chi connectivity index (χ3v) is 9.04. The number of hydrogen-bond donors (Lipinski definition) is 0. The number of rotatable bonds is 3. The minimum atomic E-state index is -0.676. The molecule has 29 heavy (non-hydrogen) atoms. The van der Waals surface area contributed by atoms with E-state index < -0.39 is 5.41 Å². The van der Waals surface area contributed by atoms with Crippen LogP contribution < -0.4 is 0 Å². The van der Waals surface area contributed by atoms with E-state index >= 15 is 0 Å². The lowest BCUT2D eigenvalue weighted by molar-refractivity contribution is -0.283. The van der Waals surface area contributed by atoms with Crippen molar-refractivity contribution in [3.05, 3.63) is 11.8 Å². The molecule has 3 fully saturated rings. The number of fused-ring (bicyclic) bond motifs is 2. The number of carbonyl (C=O) groups excluding carboxylic acids is 2. The van der Waals surface area contributed by atoms with Crippen molar-refractivity contribution < 1.29 is 28.5 Å². The molecule has 4 rings (SSSR count). The first kappa shape index (κ1) is 20.9. The van der Waals surface area contributed by atoms with Crippen LogP contribution in [0.2, 0.25) is 0 Å². The zero-order chi connectivity index (χ0) is 21.3. The second kappa shape index (κ2) is 6.81. The van der Waals surface area contributed by atoms with Gasteiger partial charge in [0.2, 0.25) is 5.78 Å². The zero-order valence-corrected chi connectivity index (χ0v) is 18.6. The number of methoxy groups -OCH3 is 3. The molecule has 0 N–H and O–H groups in total. The number of Topliss-reactive ketones (excluding diaryl/α,β-unsaturated/α-hetero) is 1. The summed E-state index contributed by atoms with van der Waals surface area (Å²) in [6.07, 6.45) is 2.30. The minimum absolute atomic E-state index is 0.0369. The molecule has 0 spiro atoms. The number of allylic oxidation sites excluding steroid dienone is 2. The van der Waals surface area contributed by atoms with Gasteiger partial charge in [0.15, 0.2) is 5.76 Å². The molecule has 0 aromatic heterocycles. The maximum atomic E-state index is 13.8. The average molecular weight is 407 g/mol. The lowest BCUT2D eigenvalue weighted by Gasteiger charge is -2.68. The Balaban J connectivity index is 1.95. The van der Waals surface area contributed by atoms with Gasteiger partial charge in [-0.05, 0) is 36.2 Å². The Morgan fingerprint density at radius 1 is 1.03 bits per heavy atom. The van der Waals surface area contributed by atoms with E-state index in [-0.39, 0.29) is 65.1 Å². The first-order valence-corrected chi connectivity index (χ1v) is 10.7. The van der Waals surface area contributed by atoms with Crippen molar-refractivity contribution in [2.75, 3.05) is 21.3 Å². The third kappa shape index (κ3) is 2.48. The smallest absolute Gasteiger partial charge is 0.306 e. The Bertz CT molecular complexity index is 746. The molecule has 0 bridgehead atoms. The second-order valence-electron chi connectivity index (χ2n) is 9.94. The van der Waals surface area contributed by atoms with Crippen LogP contribution in [-0.2, 0) is 28.5 Å². The van der Waals surface area contributed by atoms with Gasteiger partial charge in [-0.2, -0.15) is 0 Å². The fourth-order valence-corrected chi connectivity index (χ4v) is 7.77. The standard InChI is InChI=1S/C23H34O6/c1-11-8-15(26-5)21(25)23(4)13(11)9-16-22(3)14(10-17(24)29-16)12(2)18(27-6)19(28-7)20(22)23/h8,11-14,16,18-20H,9-10H2,1-7H3. The van der Waals surface area contributed by atoms with E-state index in [4.69, 9.17) is 18.9 Å². The van der Waals surface area contributed by atoms with E-state index in [1.807, 2.05) is 6.08 Å². The van der Waals surface area contributed by atoms with Crippen LogP contribution in [0.1, 0.15) is 40.5 Å². The Hall–Kier alpha value is -1.40. The number of carbonyl (C=O) groups is 2. The summed E-state index contributed by atoms with van der Waals surface area (Å²) in [7, 11) is 4.96.